The zero-order valence-corrected chi connectivity index (χ0v) is 22.6. The van der Waals surface area contributed by atoms with E-state index in [1.54, 1.807) is 24.1 Å². The maximum Gasteiger partial charge on any atom is 0.304 e. The molecule has 1 aromatic carbocycles. The minimum Gasteiger partial charge on any atom is -0.350 e. The van der Waals surface area contributed by atoms with Crippen molar-refractivity contribution >= 4 is 27.7 Å². The topological polar surface area (TPSA) is 117 Å². The molecule has 1 aliphatic rings. The first-order chi connectivity index (χ1) is 17.8. The van der Waals surface area contributed by atoms with Crippen molar-refractivity contribution in [2.24, 2.45) is 13.0 Å². The number of nitrogens with zero attached hydrogens (tertiary/aromatic N) is 4. The lowest BCUT2D eigenvalue weighted by atomic mass is 10.0. The third kappa shape index (κ3) is 6.84. The van der Waals surface area contributed by atoms with E-state index in [9.17, 15) is 31.2 Å². The van der Waals surface area contributed by atoms with Gasteiger partial charge in [0.15, 0.2) is 11.6 Å². The van der Waals surface area contributed by atoms with Gasteiger partial charge in [0.2, 0.25) is 11.8 Å². The molecule has 0 aliphatic carbocycles. The Kier molecular flexibility index (Phi) is 9.41. The quantitative estimate of drug-likeness (QED) is 0.464. The molecule has 0 radical (unpaired) electrons. The van der Waals surface area contributed by atoms with Crippen molar-refractivity contribution in [2.45, 2.75) is 58.2 Å². The lowest BCUT2D eigenvalue weighted by Gasteiger charge is -2.37. The molecule has 1 aromatic heterocycles. The molecule has 0 bridgehead atoms. The minimum atomic E-state index is -4.60. The molecule has 2 heterocycles. The Morgan fingerprint density at radius 1 is 1.18 bits per heavy atom. The standard InChI is InChI=1S/C24H33F3N6O4S/c1-15(2)9-20(23(34)28-12-16-13-29-31(3)14-16)30-24(35)21-7-5-6-8-33(21)38(36,37)32(4)22-18(26)10-17(25)11-19(22)27/h10-11,13-15,20-21H,5-9,12H2,1-4H3,(H,28,34)(H,30,35)/t20-,21+/m0/s1. The Balaban J connectivity index is 1.79. The smallest absolute Gasteiger partial charge is 0.304 e. The Morgan fingerprint density at radius 2 is 1.84 bits per heavy atom. The van der Waals surface area contributed by atoms with Crippen molar-refractivity contribution in [1.29, 1.82) is 0 Å². The van der Waals surface area contributed by atoms with Gasteiger partial charge in [-0.05, 0) is 25.2 Å². The van der Waals surface area contributed by atoms with Gasteiger partial charge in [0, 0.05) is 51.1 Å². The predicted octanol–water partition coefficient (Wildman–Crippen LogP) is 2.22. The van der Waals surface area contributed by atoms with Crippen molar-refractivity contribution in [3.8, 4) is 0 Å². The van der Waals surface area contributed by atoms with E-state index < -0.39 is 57.2 Å². The van der Waals surface area contributed by atoms with Crippen molar-refractivity contribution in [2.75, 3.05) is 17.9 Å². The van der Waals surface area contributed by atoms with Crippen LogP contribution in [0.1, 0.15) is 45.1 Å². The number of hydrogen-bond donors (Lipinski definition) is 2. The van der Waals surface area contributed by atoms with Crippen LogP contribution in [0.5, 0.6) is 0 Å². The summed E-state index contributed by atoms with van der Waals surface area (Å²) in [6.45, 7) is 3.88. The Hall–Kier alpha value is -3.13. The fraction of sp³-hybridized carbons (Fsp3) is 0.542. The molecular weight excluding hydrogens is 525 g/mol. The molecule has 14 heteroatoms. The van der Waals surface area contributed by atoms with E-state index in [2.05, 4.69) is 15.7 Å². The van der Waals surface area contributed by atoms with Crippen LogP contribution in [-0.4, -0.2) is 60.0 Å². The molecular formula is C24H33F3N6O4S. The second-order valence-corrected chi connectivity index (χ2v) is 11.7. The van der Waals surface area contributed by atoms with E-state index in [1.807, 2.05) is 13.8 Å². The number of amides is 2. The highest BCUT2D eigenvalue weighted by Gasteiger charge is 2.41. The number of benzene rings is 1. The van der Waals surface area contributed by atoms with Crippen LogP contribution in [0.4, 0.5) is 18.9 Å². The van der Waals surface area contributed by atoms with Gasteiger partial charge in [0.25, 0.3) is 0 Å². The second-order valence-electron chi connectivity index (χ2n) is 9.75. The summed E-state index contributed by atoms with van der Waals surface area (Å²) < 4.78 is 71.7. The number of carbonyl (C=O) groups excluding carboxylic acids is 2. The zero-order chi connectivity index (χ0) is 28.2. The van der Waals surface area contributed by atoms with Gasteiger partial charge in [0.05, 0.1) is 6.20 Å². The Morgan fingerprint density at radius 3 is 2.42 bits per heavy atom. The lowest BCUT2D eigenvalue weighted by molar-refractivity contribution is -0.132. The molecule has 0 spiro atoms. The molecule has 210 valence electrons. The monoisotopic (exact) mass is 558 g/mol. The normalized spacial score (nSPS) is 17.3. The summed E-state index contributed by atoms with van der Waals surface area (Å²) in [6.07, 6.45) is 4.76. The van der Waals surface area contributed by atoms with E-state index in [0.29, 0.717) is 35.7 Å². The van der Waals surface area contributed by atoms with Crippen molar-refractivity contribution in [1.82, 2.24) is 24.7 Å². The summed E-state index contributed by atoms with van der Waals surface area (Å²) in [5, 5.41) is 9.48. The van der Waals surface area contributed by atoms with Crippen LogP contribution < -0.4 is 14.9 Å². The van der Waals surface area contributed by atoms with E-state index >= 15 is 0 Å². The van der Waals surface area contributed by atoms with Gasteiger partial charge in [-0.3, -0.25) is 18.6 Å². The largest absolute Gasteiger partial charge is 0.350 e. The molecule has 2 amide bonds. The number of hydrogen-bond acceptors (Lipinski definition) is 5. The number of nitrogens with one attached hydrogen (secondary N) is 2. The highest BCUT2D eigenvalue weighted by molar-refractivity contribution is 7.90. The molecule has 0 unspecified atom stereocenters. The number of halogens is 3. The average Bonchev–Trinajstić information content (AvgIpc) is 3.26. The number of anilines is 1. The van der Waals surface area contributed by atoms with Gasteiger partial charge in [-0.1, -0.05) is 20.3 Å². The van der Waals surface area contributed by atoms with Gasteiger partial charge in [0.1, 0.15) is 23.6 Å². The van der Waals surface area contributed by atoms with Gasteiger partial charge >= 0.3 is 10.2 Å². The summed E-state index contributed by atoms with van der Waals surface area (Å²) >= 11 is 0. The van der Waals surface area contributed by atoms with Crippen LogP contribution in [0.2, 0.25) is 0 Å². The summed E-state index contributed by atoms with van der Waals surface area (Å²) in [5.41, 5.74) is -0.188. The Labute approximate surface area is 220 Å². The number of piperidine rings is 1. The van der Waals surface area contributed by atoms with E-state index in [-0.39, 0.29) is 25.4 Å². The highest BCUT2D eigenvalue weighted by Crippen LogP contribution is 2.30. The molecule has 2 atom stereocenters. The van der Waals surface area contributed by atoms with Gasteiger partial charge in [-0.2, -0.15) is 17.8 Å². The third-order valence-corrected chi connectivity index (χ3v) is 8.17. The lowest BCUT2D eigenvalue weighted by Crippen LogP contribution is -2.58. The minimum absolute atomic E-state index is 0.0335. The Bertz CT molecular complexity index is 1250. The first-order valence-corrected chi connectivity index (χ1v) is 13.7. The number of rotatable bonds is 10. The zero-order valence-electron chi connectivity index (χ0n) is 21.7. The van der Waals surface area contributed by atoms with Gasteiger partial charge in [-0.25, -0.2) is 13.2 Å². The van der Waals surface area contributed by atoms with E-state index in [0.717, 1.165) is 16.9 Å². The van der Waals surface area contributed by atoms with Crippen LogP contribution in [0.25, 0.3) is 0 Å². The average molecular weight is 559 g/mol. The van der Waals surface area contributed by atoms with Crippen molar-refractivity contribution < 1.29 is 31.2 Å². The molecule has 0 saturated carbocycles. The van der Waals surface area contributed by atoms with Crippen LogP contribution in [-0.2, 0) is 33.4 Å². The van der Waals surface area contributed by atoms with Crippen LogP contribution in [0.3, 0.4) is 0 Å². The molecule has 10 nitrogen and oxygen atoms in total. The summed E-state index contributed by atoms with van der Waals surface area (Å²) in [7, 11) is -1.92. The summed E-state index contributed by atoms with van der Waals surface area (Å²) in [6, 6.07) is -1.38. The van der Waals surface area contributed by atoms with Crippen molar-refractivity contribution in [3.05, 3.63) is 47.5 Å². The molecule has 2 N–H and O–H groups in total. The number of aryl methyl sites for hydroxylation is 1. The van der Waals surface area contributed by atoms with Crippen LogP contribution >= 0.6 is 0 Å². The van der Waals surface area contributed by atoms with E-state index in [1.165, 1.54) is 0 Å². The molecule has 2 aromatic rings. The molecule has 1 aliphatic heterocycles. The summed E-state index contributed by atoms with van der Waals surface area (Å²) in [4.78, 5) is 26.3. The predicted molar refractivity (Wildman–Crippen MR) is 134 cm³/mol. The highest BCUT2D eigenvalue weighted by atomic mass is 32.2. The van der Waals surface area contributed by atoms with Crippen LogP contribution in [0.15, 0.2) is 24.5 Å². The SMILES string of the molecule is CC(C)C[C@H](NC(=O)[C@H]1CCCCN1S(=O)(=O)N(C)c1c(F)cc(F)cc1F)C(=O)NCc1cnn(C)c1. The van der Waals surface area contributed by atoms with Crippen molar-refractivity contribution in [3.63, 3.8) is 0 Å². The second kappa shape index (κ2) is 12.2. The fourth-order valence-corrected chi connectivity index (χ4v) is 6.00. The first-order valence-electron chi connectivity index (χ1n) is 12.3. The maximum atomic E-state index is 14.4. The molecule has 1 saturated heterocycles. The number of aromatic nitrogens is 2. The third-order valence-electron chi connectivity index (χ3n) is 6.26. The first kappa shape index (κ1) is 29.4. The van der Waals surface area contributed by atoms with E-state index in [4.69, 9.17) is 0 Å². The summed E-state index contributed by atoms with van der Waals surface area (Å²) in [5.74, 6) is -5.07. The molecule has 38 heavy (non-hydrogen) atoms. The van der Waals surface area contributed by atoms with Gasteiger partial charge in [-0.15, -0.1) is 0 Å². The van der Waals surface area contributed by atoms with Crippen LogP contribution in [0, 0.1) is 23.4 Å². The molecule has 1 fully saturated rings. The number of carbonyl (C=O) groups is 2. The maximum absolute atomic E-state index is 14.4. The fourth-order valence-electron chi connectivity index (χ4n) is 4.40. The molecule has 3 rings (SSSR count). The van der Waals surface area contributed by atoms with Gasteiger partial charge < -0.3 is 10.6 Å².